The summed E-state index contributed by atoms with van der Waals surface area (Å²) >= 11 is 0. The highest BCUT2D eigenvalue weighted by atomic mass is 127. The number of hydrogen-bond donors (Lipinski definition) is 2. The number of guanidine groups is 1. The standard InChI is InChI=1S/C23H27N5O3.HI/c1-3-24-23(25-12-10-17-4-9-21-22(14-17)31-16-30-21)26-15-18-11-13-28(27-18)19-5-7-20(29-2)8-6-19;/h4-9,11,13-14H,3,10,12,15-16H2,1-2H3,(H2,24,25,26);1H. The van der Waals surface area contributed by atoms with E-state index in [9.17, 15) is 0 Å². The van der Waals surface area contributed by atoms with Gasteiger partial charge in [-0.3, -0.25) is 0 Å². The molecule has 3 aromatic rings. The van der Waals surface area contributed by atoms with Gasteiger partial charge in [0.15, 0.2) is 17.5 Å². The molecule has 0 atom stereocenters. The van der Waals surface area contributed by atoms with Gasteiger partial charge >= 0.3 is 0 Å². The SMILES string of the molecule is CCNC(=NCc1ccn(-c2ccc(OC)cc2)n1)NCCc1ccc2c(c1)OCO2.I. The van der Waals surface area contributed by atoms with Crippen molar-refractivity contribution in [2.24, 2.45) is 4.99 Å². The summed E-state index contributed by atoms with van der Waals surface area (Å²) in [5, 5.41) is 11.3. The number of fused-ring (bicyclic) bond motifs is 1. The first-order chi connectivity index (χ1) is 15.2. The fraction of sp³-hybridized carbons (Fsp3) is 0.304. The van der Waals surface area contributed by atoms with Crippen LogP contribution in [0.15, 0.2) is 59.7 Å². The van der Waals surface area contributed by atoms with Crippen molar-refractivity contribution in [3.63, 3.8) is 0 Å². The smallest absolute Gasteiger partial charge is 0.231 e. The van der Waals surface area contributed by atoms with Gasteiger partial charge in [0.2, 0.25) is 6.79 Å². The Labute approximate surface area is 205 Å². The van der Waals surface area contributed by atoms with Gasteiger partial charge < -0.3 is 24.8 Å². The summed E-state index contributed by atoms with van der Waals surface area (Å²) in [6.07, 6.45) is 2.79. The Morgan fingerprint density at radius 1 is 1.09 bits per heavy atom. The van der Waals surface area contributed by atoms with Crippen LogP contribution in [0.25, 0.3) is 5.69 Å². The highest BCUT2D eigenvalue weighted by molar-refractivity contribution is 14.0. The molecule has 0 saturated heterocycles. The van der Waals surface area contributed by atoms with Crippen molar-refractivity contribution in [3.8, 4) is 22.9 Å². The van der Waals surface area contributed by atoms with E-state index in [-0.39, 0.29) is 24.0 Å². The van der Waals surface area contributed by atoms with Crippen LogP contribution in [0.3, 0.4) is 0 Å². The van der Waals surface area contributed by atoms with E-state index < -0.39 is 0 Å². The van der Waals surface area contributed by atoms with Crippen LogP contribution in [0.1, 0.15) is 18.2 Å². The molecule has 0 saturated carbocycles. The predicted molar refractivity (Wildman–Crippen MR) is 135 cm³/mol. The quantitative estimate of drug-likeness (QED) is 0.254. The molecule has 2 heterocycles. The van der Waals surface area contributed by atoms with Gasteiger partial charge in [0.25, 0.3) is 0 Å². The molecule has 1 aliphatic rings. The average molecular weight is 549 g/mol. The molecule has 8 nitrogen and oxygen atoms in total. The molecule has 2 N–H and O–H groups in total. The van der Waals surface area contributed by atoms with Gasteiger partial charge in [-0.25, -0.2) is 9.67 Å². The van der Waals surface area contributed by atoms with E-state index in [4.69, 9.17) is 14.2 Å². The second kappa shape index (κ2) is 11.6. The first kappa shape index (κ1) is 23.7. The number of aliphatic imine (C=N–C) groups is 1. The summed E-state index contributed by atoms with van der Waals surface area (Å²) in [6, 6.07) is 15.8. The molecule has 9 heteroatoms. The predicted octanol–water partition coefficient (Wildman–Crippen LogP) is 3.53. The lowest BCUT2D eigenvalue weighted by atomic mass is 10.1. The van der Waals surface area contributed by atoms with Gasteiger partial charge in [-0.1, -0.05) is 6.07 Å². The molecular weight excluding hydrogens is 521 g/mol. The van der Waals surface area contributed by atoms with Gasteiger partial charge in [-0.2, -0.15) is 5.10 Å². The maximum Gasteiger partial charge on any atom is 0.231 e. The van der Waals surface area contributed by atoms with Crippen LogP contribution in [-0.2, 0) is 13.0 Å². The van der Waals surface area contributed by atoms with Crippen molar-refractivity contribution < 1.29 is 14.2 Å². The third kappa shape index (κ3) is 6.06. The zero-order valence-electron chi connectivity index (χ0n) is 18.2. The summed E-state index contributed by atoms with van der Waals surface area (Å²) in [4.78, 5) is 4.66. The van der Waals surface area contributed by atoms with Crippen LogP contribution in [0.5, 0.6) is 17.2 Å². The monoisotopic (exact) mass is 549 g/mol. The Morgan fingerprint density at radius 3 is 2.69 bits per heavy atom. The molecule has 1 aromatic heterocycles. The topological polar surface area (TPSA) is 81.9 Å². The fourth-order valence-corrected chi connectivity index (χ4v) is 3.25. The average Bonchev–Trinajstić information content (AvgIpc) is 3.47. The Hall–Kier alpha value is -2.95. The number of methoxy groups -OCH3 is 1. The van der Waals surface area contributed by atoms with Gasteiger partial charge in [-0.15, -0.1) is 24.0 Å². The van der Waals surface area contributed by atoms with Crippen LogP contribution in [0.2, 0.25) is 0 Å². The first-order valence-electron chi connectivity index (χ1n) is 10.3. The molecule has 0 bridgehead atoms. The zero-order valence-corrected chi connectivity index (χ0v) is 20.5. The Balaban J connectivity index is 0.00000289. The van der Waals surface area contributed by atoms with E-state index in [1.807, 2.05) is 60.3 Å². The summed E-state index contributed by atoms with van der Waals surface area (Å²) in [5.41, 5.74) is 3.06. The van der Waals surface area contributed by atoms with Crippen molar-refractivity contribution in [2.45, 2.75) is 19.9 Å². The van der Waals surface area contributed by atoms with E-state index in [1.165, 1.54) is 5.56 Å². The van der Waals surface area contributed by atoms with Crippen molar-refractivity contribution in [3.05, 3.63) is 66.0 Å². The molecule has 0 amide bonds. The second-order valence-electron chi connectivity index (χ2n) is 7.01. The lowest BCUT2D eigenvalue weighted by Crippen LogP contribution is -2.38. The molecule has 0 radical (unpaired) electrons. The molecule has 0 spiro atoms. The molecule has 170 valence electrons. The number of nitrogens with zero attached hydrogens (tertiary/aromatic N) is 3. The van der Waals surface area contributed by atoms with Crippen molar-refractivity contribution >= 4 is 29.9 Å². The third-order valence-corrected chi connectivity index (χ3v) is 4.87. The fourth-order valence-electron chi connectivity index (χ4n) is 3.25. The Morgan fingerprint density at radius 2 is 1.91 bits per heavy atom. The second-order valence-corrected chi connectivity index (χ2v) is 7.01. The number of nitrogens with one attached hydrogen (secondary N) is 2. The van der Waals surface area contributed by atoms with E-state index in [2.05, 4.69) is 26.8 Å². The highest BCUT2D eigenvalue weighted by Crippen LogP contribution is 2.32. The van der Waals surface area contributed by atoms with Crippen molar-refractivity contribution in [1.29, 1.82) is 0 Å². The van der Waals surface area contributed by atoms with Crippen molar-refractivity contribution in [2.75, 3.05) is 27.0 Å². The molecule has 32 heavy (non-hydrogen) atoms. The third-order valence-electron chi connectivity index (χ3n) is 4.87. The minimum Gasteiger partial charge on any atom is -0.497 e. The van der Waals surface area contributed by atoms with E-state index in [0.29, 0.717) is 13.3 Å². The van der Waals surface area contributed by atoms with Crippen LogP contribution in [0.4, 0.5) is 0 Å². The number of benzene rings is 2. The largest absolute Gasteiger partial charge is 0.497 e. The first-order valence-corrected chi connectivity index (χ1v) is 10.3. The normalized spacial score (nSPS) is 12.2. The van der Waals surface area contributed by atoms with Crippen LogP contribution >= 0.6 is 24.0 Å². The molecule has 2 aromatic carbocycles. The van der Waals surface area contributed by atoms with Gasteiger partial charge in [0, 0.05) is 19.3 Å². The van der Waals surface area contributed by atoms with Crippen LogP contribution < -0.4 is 24.8 Å². The summed E-state index contributed by atoms with van der Waals surface area (Å²) in [7, 11) is 1.66. The maximum atomic E-state index is 5.44. The van der Waals surface area contributed by atoms with Crippen LogP contribution in [0, 0.1) is 0 Å². The minimum absolute atomic E-state index is 0. The highest BCUT2D eigenvalue weighted by Gasteiger charge is 2.13. The summed E-state index contributed by atoms with van der Waals surface area (Å²) in [5.74, 6) is 3.20. The summed E-state index contributed by atoms with van der Waals surface area (Å²) < 4.78 is 17.8. The lowest BCUT2D eigenvalue weighted by molar-refractivity contribution is 0.174. The number of rotatable bonds is 8. The van der Waals surface area contributed by atoms with E-state index in [0.717, 1.165) is 54.1 Å². The number of ether oxygens (including phenoxy) is 3. The van der Waals surface area contributed by atoms with Gasteiger partial charge in [0.1, 0.15) is 5.75 Å². The van der Waals surface area contributed by atoms with Crippen LogP contribution in [-0.4, -0.2) is 42.7 Å². The Kier molecular flexibility index (Phi) is 8.60. The maximum absolute atomic E-state index is 5.44. The molecule has 0 aliphatic carbocycles. The van der Waals surface area contributed by atoms with E-state index in [1.54, 1.807) is 7.11 Å². The number of aromatic nitrogens is 2. The molecule has 1 aliphatic heterocycles. The zero-order chi connectivity index (χ0) is 21.5. The molecule has 0 unspecified atom stereocenters. The number of halogens is 1. The number of hydrogen-bond acceptors (Lipinski definition) is 5. The molecule has 4 rings (SSSR count). The molecule has 0 fully saturated rings. The van der Waals surface area contributed by atoms with Gasteiger partial charge in [-0.05, 0) is 61.4 Å². The minimum atomic E-state index is 0. The van der Waals surface area contributed by atoms with E-state index >= 15 is 0 Å². The van der Waals surface area contributed by atoms with Gasteiger partial charge in [0.05, 0.1) is 25.0 Å². The summed E-state index contributed by atoms with van der Waals surface area (Å²) in [6.45, 7) is 4.38. The lowest BCUT2D eigenvalue weighted by Gasteiger charge is -2.11. The van der Waals surface area contributed by atoms with Crippen molar-refractivity contribution in [1.82, 2.24) is 20.4 Å². The Bertz CT molecular complexity index is 1040. The molecular formula is C23H28IN5O3.